The Balaban J connectivity index is 1.52. The average Bonchev–Trinajstić information content (AvgIpc) is 2.73. The molecule has 0 spiro atoms. The van der Waals surface area contributed by atoms with E-state index in [0.717, 1.165) is 5.56 Å². The van der Waals surface area contributed by atoms with Gasteiger partial charge in [-0.2, -0.15) is 5.26 Å². The van der Waals surface area contributed by atoms with Crippen LogP contribution in [0.15, 0.2) is 59.5 Å². The molecule has 5 nitrogen and oxygen atoms in total. The molecule has 0 aliphatic carbocycles. The van der Waals surface area contributed by atoms with E-state index in [9.17, 15) is 13.2 Å². The number of sulfone groups is 1. The molecule has 140 valence electrons. The van der Waals surface area contributed by atoms with Gasteiger partial charge < -0.3 is 4.90 Å². The molecule has 27 heavy (non-hydrogen) atoms. The minimum Gasteiger partial charge on any atom is -0.343 e. The van der Waals surface area contributed by atoms with Crippen LogP contribution in [0.5, 0.6) is 0 Å². The van der Waals surface area contributed by atoms with Crippen molar-refractivity contribution in [1.82, 2.24) is 4.90 Å². The molecule has 1 amide bonds. The highest BCUT2D eigenvalue weighted by atomic mass is 32.2. The van der Waals surface area contributed by atoms with Gasteiger partial charge in [-0.3, -0.25) is 4.79 Å². The maximum absolute atomic E-state index is 12.7. The molecule has 0 radical (unpaired) electrons. The normalized spacial score (nSPS) is 15.3. The lowest BCUT2D eigenvalue weighted by molar-refractivity contribution is -0.132. The first-order valence-corrected chi connectivity index (χ1v) is 10.6. The Morgan fingerprint density at radius 1 is 1.04 bits per heavy atom. The smallest absolute Gasteiger partial charge is 0.222 e. The second-order valence-corrected chi connectivity index (χ2v) is 8.98. The number of hydrogen-bond donors (Lipinski definition) is 0. The Morgan fingerprint density at radius 3 is 2.26 bits per heavy atom. The molecule has 0 aromatic heterocycles. The monoisotopic (exact) mass is 382 g/mol. The Kier molecular flexibility index (Phi) is 5.92. The number of piperidine rings is 1. The predicted octanol–water partition coefficient (Wildman–Crippen LogP) is 2.96. The molecule has 0 unspecified atom stereocenters. The number of carbonyl (C=O) groups excluding carboxylic acids is 1. The zero-order valence-corrected chi connectivity index (χ0v) is 15.9. The summed E-state index contributed by atoms with van der Waals surface area (Å²) in [5.74, 6) is 0.0509. The van der Waals surface area contributed by atoms with Crippen LogP contribution in [-0.4, -0.2) is 37.6 Å². The van der Waals surface area contributed by atoms with Crippen molar-refractivity contribution in [3.63, 3.8) is 0 Å². The number of carbonyl (C=O) groups is 1. The molecule has 0 atom stereocenters. The minimum atomic E-state index is -3.34. The first kappa shape index (κ1) is 19.1. The van der Waals surface area contributed by atoms with Crippen molar-refractivity contribution < 1.29 is 13.2 Å². The quantitative estimate of drug-likeness (QED) is 0.796. The second-order valence-electron chi connectivity index (χ2n) is 6.75. The zero-order valence-electron chi connectivity index (χ0n) is 15.0. The summed E-state index contributed by atoms with van der Waals surface area (Å²) in [6, 6.07) is 17.8. The highest BCUT2D eigenvalue weighted by Gasteiger charge is 2.32. The first-order valence-electron chi connectivity index (χ1n) is 9.06. The van der Waals surface area contributed by atoms with Crippen molar-refractivity contribution in [3.8, 4) is 6.07 Å². The van der Waals surface area contributed by atoms with Gasteiger partial charge in [0.2, 0.25) is 5.91 Å². The Labute approximate surface area is 160 Å². The van der Waals surface area contributed by atoms with Gasteiger partial charge in [-0.25, -0.2) is 8.42 Å². The summed E-state index contributed by atoms with van der Waals surface area (Å²) in [7, 11) is -3.34. The average molecular weight is 382 g/mol. The highest BCUT2D eigenvalue weighted by Crippen LogP contribution is 2.24. The first-order chi connectivity index (χ1) is 13.0. The van der Waals surface area contributed by atoms with Gasteiger partial charge in [-0.1, -0.05) is 30.3 Å². The van der Waals surface area contributed by atoms with Crippen LogP contribution in [0, 0.1) is 11.3 Å². The Morgan fingerprint density at radius 2 is 1.67 bits per heavy atom. The number of nitrogens with zero attached hydrogens (tertiary/aromatic N) is 2. The molecule has 1 fully saturated rings. The number of benzene rings is 2. The van der Waals surface area contributed by atoms with E-state index < -0.39 is 15.1 Å². The third-order valence-electron chi connectivity index (χ3n) is 5.02. The fourth-order valence-electron chi connectivity index (χ4n) is 3.37. The van der Waals surface area contributed by atoms with Gasteiger partial charge in [-0.15, -0.1) is 0 Å². The molecule has 1 aliphatic heterocycles. The molecule has 0 bridgehead atoms. The van der Waals surface area contributed by atoms with Crippen molar-refractivity contribution in [3.05, 3.63) is 65.7 Å². The maximum atomic E-state index is 12.7. The van der Waals surface area contributed by atoms with E-state index >= 15 is 0 Å². The summed E-state index contributed by atoms with van der Waals surface area (Å²) in [6.07, 6.45) is 1.95. The van der Waals surface area contributed by atoms with Crippen LogP contribution >= 0.6 is 0 Å². The Bertz CT molecular complexity index is 924. The van der Waals surface area contributed by atoms with Gasteiger partial charge in [-0.05, 0) is 49.1 Å². The van der Waals surface area contributed by atoms with Crippen LogP contribution in [0.2, 0.25) is 0 Å². The van der Waals surface area contributed by atoms with Crippen LogP contribution in [0.25, 0.3) is 0 Å². The van der Waals surface area contributed by atoms with E-state index in [1.54, 1.807) is 47.4 Å². The summed E-state index contributed by atoms with van der Waals surface area (Å²) in [5, 5.41) is 8.39. The summed E-state index contributed by atoms with van der Waals surface area (Å²) < 4.78 is 25.4. The van der Waals surface area contributed by atoms with Crippen molar-refractivity contribution >= 4 is 15.7 Å². The molecule has 1 heterocycles. The maximum Gasteiger partial charge on any atom is 0.222 e. The molecule has 1 saturated heterocycles. The third-order valence-corrected chi connectivity index (χ3v) is 7.29. The number of aryl methyl sites for hydroxylation is 1. The number of hydrogen-bond acceptors (Lipinski definition) is 4. The van der Waals surface area contributed by atoms with Gasteiger partial charge in [0.05, 0.1) is 21.8 Å². The third kappa shape index (κ3) is 4.55. The van der Waals surface area contributed by atoms with Crippen molar-refractivity contribution in [2.24, 2.45) is 0 Å². The number of rotatable bonds is 5. The van der Waals surface area contributed by atoms with E-state index in [1.807, 2.05) is 12.1 Å². The number of amides is 1. The summed E-state index contributed by atoms with van der Waals surface area (Å²) in [6.45, 7) is 0.950. The van der Waals surface area contributed by atoms with Crippen molar-refractivity contribution in [2.75, 3.05) is 13.1 Å². The van der Waals surface area contributed by atoms with E-state index in [4.69, 9.17) is 5.26 Å². The van der Waals surface area contributed by atoms with E-state index in [-0.39, 0.29) is 5.91 Å². The molecule has 3 rings (SSSR count). The zero-order chi connectivity index (χ0) is 19.3. The van der Waals surface area contributed by atoms with Crippen molar-refractivity contribution in [2.45, 2.75) is 35.8 Å². The minimum absolute atomic E-state index is 0.0509. The topological polar surface area (TPSA) is 78.2 Å². The van der Waals surface area contributed by atoms with Gasteiger partial charge >= 0.3 is 0 Å². The van der Waals surface area contributed by atoms with Crippen LogP contribution in [0.3, 0.4) is 0 Å². The van der Waals surface area contributed by atoms with Crippen LogP contribution in [-0.2, 0) is 21.1 Å². The van der Waals surface area contributed by atoms with Crippen LogP contribution in [0.1, 0.15) is 30.4 Å². The van der Waals surface area contributed by atoms with Crippen molar-refractivity contribution in [1.29, 1.82) is 5.26 Å². The Hall–Kier alpha value is -2.65. The largest absolute Gasteiger partial charge is 0.343 e. The predicted molar refractivity (Wildman–Crippen MR) is 103 cm³/mol. The standard InChI is InChI=1S/C21H22N2O3S/c22-16-18-8-6-17(7-9-18)10-11-21(24)23-14-12-20(13-15-23)27(25,26)19-4-2-1-3-5-19/h1-9,20H,10-15H2. The number of nitriles is 1. The van der Waals surface area contributed by atoms with Gasteiger partial charge in [0.15, 0.2) is 9.84 Å². The SMILES string of the molecule is N#Cc1ccc(CCC(=O)N2CCC(S(=O)(=O)c3ccccc3)CC2)cc1. The van der Waals surface area contributed by atoms with Crippen LogP contribution in [0.4, 0.5) is 0 Å². The second kappa shape index (κ2) is 8.36. The summed E-state index contributed by atoms with van der Waals surface area (Å²) >= 11 is 0. The fraction of sp³-hybridized carbons (Fsp3) is 0.333. The van der Waals surface area contributed by atoms with Gasteiger partial charge in [0.1, 0.15) is 0 Å². The molecular formula is C21H22N2O3S. The molecule has 0 saturated carbocycles. The summed E-state index contributed by atoms with van der Waals surface area (Å²) in [4.78, 5) is 14.6. The molecular weight excluding hydrogens is 360 g/mol. The van der Waals surface area contributed by atoms with Gasteiger partial charge in [0.25, 0.3) is 0 Å². The van der Waals surface area contributed by atoms with E-state index in [1.165, 1.54) is 0 Å². The van der Waals surface area contributed by atoms with E-state index in [2.05, 4.69) is 6.07 Å². The number of likely N-dealkylation sites (tertiary alicyclic amines) is 1. The summed E-state index contributed by atoms with van der Waals surface area (Å²) in [5.41, 5.74) is 1.62. The lowest BCUT2D eigenvalue weighted by atomic mass is 10.1. The molecule has 2 aromatic carbocycles. The van der Waals surface area contributed by atoms with E-state index in [0.29, 0.717) is 49.2 Å². The molecule has 1 aliphatic rings. The highest BCUT2D eigenvalue weighted by molar-refractivity contribution is 7.92. The van der Waals surface area contributed by atoms with Crippen LogP contribution < -0.4 is 0 Å². The molecule has 6 heteroatoms. The fourth-order valence-corrected chi connectivity index (χ4v) is 5.13. The molecule has 2 aromatic rings. The lowest BCUT2D eigenvalue weighted by Gasteiger charge is -2.32. The van der Waals surface area contributed by atoms with Gasteiger partial charge in [0, 0.05) is 19.5 Å². The lowest BCUT2D eigenvalue weighted by Crippen LogP contribution is -2.42. The molecule has 0 N–H and O–H groups in total.